The highest BCUT2D eigenvalue weighted by Gasteiger charge is 2.37. The highest BCUT2D eigenvalue weighted by molar-refractivity contribution is 8.26. The van der Waals surface area contributed by atoms with Crippen molar-refractivity contribution < 1.29 is 55.3 Å². The number of amides is 2. The second kappa shape index (κ2) is 15.8. The van der Waals surface area contributed by atoms with Crippen LogP contribution in [0.25, 0.3) is 17.2 Å². The third-order valence-corrected chi connectivity index (χ3v) is 8.90. The summed E-state index contributed by atoms with van der Waals surface area (Å²) in [4.78, 5) is 39.1. The predicted molar refractivity (Wildman–Crippen MR) is 180 cm³/mol. The minimum Gasteiger partial charge on any atom is -0.492 e. The Morgan fingerprint density at radius 2 is 1.59 bits per heavy atom. The van der Waals surface area contributed by atoms with E-state index in [1.165, 1.54) is 48.5 Å². The molecule has 0 aliphatic carbocycles. The number of aromatic carboxylic acids is 1. The van der Waals surface area contributed by atoms with Gasteiger partial charge in [-0.3, -0.25) is 14.5 Å². The van der Waals surface area contributed by atoms with Crippen LogP contribution in [0.3, 0.4) is 0 Å². The molecular formula is C33H28F6N4O6S2. The van der Waals surface area contributed by atoms with Gasteiger partial charge in [0.15, 0.2) is 4.32 Å². The van der Waals surface area contributed by atoms with Crippen molar-refractivity contribution in [1.29, 1.82) is 0 Å². The normalized spacial score (nSPS) is 16.5. The summed E-state index contributed by atoms with van der Waals surface area (Å²) in [6.45, 7) is 2.72. The van der Waals surface area contributed by atoms with E-state index < -0.39 is 47.8 Å². The standard InChI is InChI=1S/C33H28F6N4O6S2/c34-32(35,36)23-14-21(15-24(17-23)33(37,38)39)20-3-6-26(49-12-9-42-7-10-48-11-8-42)22(13-20)16-27-29(45)43(31(50)51-27)40-18-28(44)41-25-4-1-19(2-5-25)30(46)47/h1-6,13-17,40H,7-12,18H2,(H,41,44)(H,46,47). The second-order valence-electron chi connectivity index (χ2n) is 11.1. The molecule has 270 valence electrons. The number of thioether (sulfide) groups is 1. The maximum atomic E-state index is 13.6. The molecule has 0 bridgehead atoms. The van der Waals surface area contributed by atoms with Gasteiger partial charge in [-0.1, -0.05) is 30.0 Å². The van der Waals surface area contributed by atoms with Gasteiger partial charge in [-0.05, 0) is 71.8 Å². The average molecular weight is 755 g/mol. The molecule has 2 saturated heterocycles. The molecule has 5 rings (SSSR count). The van der Waals surface area contributed by atoms with Gasteiger partial charge in [0.2, 0.25) is 5.91 Å². The fourth-order valence-corrected chi connectivity index (χ4v) is 6.21. The van der Waals surface area contributed by atoms with Crippen molar-refractivity contribution in [1.82, 2.24) is 15.3 Å². The Kier molecular flexibility index (Phi) is 11.7. The summed E-state index contributed by atoms with van der Waals surface area (Å²) in [5.74, 6) is -2.19. The summed E-state index contributed by atoms with van der Waals surface area (Å²) in [5, 5.41) is 12.5. The number of thiocarbonyl (C=S) groups is 1. The number of carboxylic acids is 1. The highest BCUT2D eigenvalue weighted by atomic mass is 32.2. The Bertz CT molecular complexity index is 1810. The van der Waals surface area contributed by atoms with E-state index in [0.29, 0.717) is 50.7 Å². The molecule has 3 aromatic rings. The van der Waals surface area contributed by atoms with Crippen molar-refractivity contribution in [3.05, 3.63) is 87.8 Å². The smallest absolute Gasteiger partial charge is 0.416 e. The summed E-state index contributed by atoms with van der Waals surface area (Å²) in [7, 11) is 0. The first-order valence-electron chi connectivity index (χ1n) is 15.1. The van der Waals surface area contributed by atoms with Crippen LogP contribution in [0.1, 0.15) is 27.0 Å². The van der Waals surface area contributed by atoms with E-state index in [0.717, 1.165) is 16.8 Å². The van der Waals surface area contributed by atoms with Gasteiger partial charge in [0.05, 0.1) is 41.4 Å². The molecule has 18 heteroatoms. The van der Waals surface area contributed by atoms with E-state index in [1.807, 2.05) is 0 Å². The number of carbonyl (C=O) groups is 3. The first kappa shape index (κ1) is 37.8. The zero-order valence-electron chi connectivity index (χ0n) is 26.3. The number of morpholine rings is 1. The van der Waals surface area contributed by atoms with E-state index in [2.05, 4.69) is 15.6 Å². The topological polar surface area (TPSA) is 120 Å². The minimum absolute atomic E-state index is 0.0000383. The zero-order valence-corrected chi connectivity index (χ0v) is 27.9. The average Bonchev–Trinajstić information content (AvgIpc) is 3.34. The maximum Gasteiger partial charge on any atom is 0.416 e. The molecule has 2 aliphatic heterocycles. The van der Waals surface area contributed by atoms with E-state index in [1.54, 1.807) is 0 Å². The predicted octanol–water partition coefficient (Wildman–Crippen LogP) is 6.14. The number of hydrogen-bond donors (Lipinski definition) is 3. The Balaban J connectivity index is 1.39. The van der Waals surface area contributed by atoms with Crippen molar-refractivity contribution in [3.63, 3.8) is 0 Å². The van der Waals surface area contributed by atoms with Crippen LogP contribution in [0.5, 0.6) is 5.75 Å². The lowest BCUT2D eigenvalue weighted by molar-refractivity contribution is -0.143. The summed E-state index contributed by atoms with van der Waals surface area (Å²) in [6.07, 6.45) is -8.74. The molecule has 2 amide bonds. The van der Waals surface area contributed by atoms with Crippen LogP contribution >= 0.6 is 24.0 Å². The molecule has 3 aromatic carbocycles. The number of carboxylic acid groups (broad SMARTS) is 1. The van der Waals surface area contributed by atoms with Gasteiger partial charge in [-0.15, -0.1) is 0 Å². The first-order valence-corrected chi connectivity index (χ1v) is 16.3. The van der Waals surface area contributed by atoms with Crippen LogP contribution in [0, 0.1) is 0 Å². The summed E-state index contributed by atoms with van der Waals surface area (Å²) in [6, 6.07) is 10.7. The number of rotatable bonds is 11. The minimum atomic E-state index is -5.05. The number of nitrogens with one attached hydrogen (secondary N) is 2. The second-order valence-corrected chi connectivity index (χ2v) is 12.8. The number of ether oxygens (including phenoxy) is 2. The molecule has 51 heavy (non-hydrogen) atoms. The lowest BCUT2D eigenvalue weighted by Gasteiger charge is -2.26. The van der Waals surface area contributed by atoms with Gasteiger partial charge in [0.25, 0.3) is 5.91 Å². The molecule has 0 aromatic heterocycles. The fraction of sp³-hybridized carbons (Fsp3) is 0.273. The number of anilines is 1. The van der Waals surface area contributed by atoms with Crippen LogP contribution in [0.4, 0.5) is 32.0 Å². The van der Waals surface area contributed by atoms with E-state index in [9.17, 15) is 40.7 Å². The van der Waals surface area contributed by atoms with Crippen LogP contribution in [-0.4, -0.2) is 83.1 Å². The van der Waals surface area contributed by atoms with Gasteiger partial charge < -0.3 is 19.9 Å². The van der Waals surface area contributed by atoms with Gasteiger partial charge in [0, 0.05) is 30.9 Å². The molecule has 0 atom stereocenters. The molecule has 0 unspecified atom stereocenters. The molecule has 10 nitrogen and oxygen atoms in total. The van der Waals surface area contributed by atoms with Gasteiger partial charge >= 0.3 is 18.3 Å². The van der Waals surface area contributed by atoms with E-state index in [4.69, 9.17) is 26.8 Å². The SMILES string of the molecule is O=C(CNN1C(=O)C(=Cc2cc(-c3cc(C(F)(F)F)cc(C(F)(F)F)c3)ccc2OCCN2CCOCC2)SC1=S)Nc1ccc(C(=O)O)cc1. The molecule has 2 aliphatic rings. The Labute approximate surface area is 296 Å². The van der Waals surface area contributed by atoms with Crippen molar-refractivity contribution in [2.45, 2.75) is 12.4 Å². The molecule has 3 N–H and O–H groups in total. The number of hydrazine groups is 1. The molecular weight excluding hydrogens is 727 g/mol. The number of alkyl halides is 6. The van der Waals surface area contributed by atoms with Crippen molar-refractivity contribution in [2.24, 2.45) is 0 Å². The largest absolute Gasteiger partial charge is 0.492 e. The Morgan fingerprint density at radius 1 is 0.941 bits per heavy atom. The fourth-order valence-electron chi connectivity index (χ4n) is 5.00. The molecule has 2 fully saturated rings. The monoisotopic (exact) mass is 754 g/mol. The quantitative estimate of drug-likeness (QED) is 0.120. The van der Waals surface area contributed by atoms with Gasteiger partial charge in [-0.25, -0.2) is 15.2 Å². The third-order valence-electron chi connectivity index (χ3n) is 7.59. The number of carbonyl (C=O) groups excluding carboxylic acids is 2. The van der Waals surface area contributed by atoms with Crippen LogP contribution < -0.4 is 15.5 Å². The zero-order chi connectivity index (χ0) is 36.9. The van der Waals surface area contributed by atoms with Crippen molar-refractivity contribution in [2.75, 3.05) is 51.3 Å². The molecule has 0 saturated carbocycles. The summed E-state index contributed by atoms with van der Waals surface area (Å²) >= 11 is 6.17. The van der Waals surface area contributed by atoms with E-state index >= 15 is 0 Å². The first-order chi connectivity index (χ1) is 24.1. The van der Waals surface area contributed by atoms with Crippen LogP contribution in [0.2, 0.25) is 0 Å². The van der Waals surface area contributed by atoms with Crippen molar-refractivity contribution >= 4 is 57.8 Å². The Hall–Kier alpha value is -4.49. The molecule has 0 radical (unpaired) electrons. The third kappa shape index (κ3) is 9.85. The van der Waals surface area contributed by atoms with Crippen LogP contribution in [0.15, 0.2) is 65.6 Å². The molecule has 2 heterocycles. The maximum absolute atomic E-state index is 13.6. The van der Waals surface area contributed by atoms with Gasteiger partial charge in [0.1, 0.15) is 12.4 Å². The van der Waals surface area contributed by atoms with Gasteiger partial charge in [-0.2, -0.15) is 26.3 Å². The lowest BCUT2D eigenvalue weighted by Crippen LogP contribution is -2.44. The number of halogens is 6. The van der Waals surface area contributed by atoms with Crippen molar-refractivity contribution in [3.8, 4) is 16.9 Å². The van der Waals surface area contributed by atoms with E-state index in [-0.39, 0.29) is 49.9 Å². The Morgan fingerprint density at radius 3 is 2.20 bits per heavy atom. The lowest BCUT2D eigenvalue weighted by atomic mass is 9.97. The highest BCUT2D eigenvalue weighted by Crippen LogP contribution is 2.40. The van der Waals surface area contributed by atoms with Crippen LogP contribution in [-0.2, 0) is 26.7 Å². The number of benzene rings is 3. The molecule has 0 spiro atoms. The summed E-state index contributed by atoms with van der Waals surface area (Å²) < 4.78 is 93.1. The number of hydrogen-bond acceptors (Lipinski definition) is 9. The number of nitrogens with zero attached hydrogens (tertiary/aromatic N) is 2. The summed E-state index contributed by atoms with van der Waals surface area (Å²) in [5.41, 5.74) is -0.179.